The molecule has 0 unspecified atom stereocenters. The zero-order valence-electron chi connectivity index (χ0n) is 13.5. The Labute approximate surface area is 126 Å². The number of hydrogen-bond donors (Lipinski definition) is 1. The molecule has 0 aliphatic rings. The highest BCUT2D eigenvalue weighted by atomic mass is 15.4. The lowest BCUT2D eigenvalue weighted by Crippen LogP contribution is -2.20. The van der Waals surface area contributed by atoms with Crippen molar-refractivity contribution in [1.29, 1.82) is 0 Å². The molecule has 0 aromatic carbocycles. The quantitative estimate of drug-likeness (QED) is 0.806. The second-order valence-electron chi connectivity index (χ2n) is 5.68. The van der Waals surface area contributed by atoms with E-state index in [9.17, 15) is 0 Å². The topological polar surface area (TPSA) is 60.6 Å². The van der Waals surface area contributed by atoms with Gasteiger partial charge >= 0.3 is 0 Å². The standard InChI is InChI=1S/C15H26N6/c1-5-13-7-14(21(6-2)18-13)10-20-11-17-15(19-20)9-16-8-12(3)4/h7,11-12,16H,5-6,8-10H2,1-4H3. The lowest BCUT2D eigenvalue weighted by Gasteiger charge is -2.05. The molecule has 0 aliphatic carbocycles. The Balaban J connectivity index is 1.97. The van der Waals surface area contributed by atoms with Gasteiger partial charge in [-0.2, -0.15) is 10.2 Å². The van der Waals surface area contributed by atoms with E-state index in [-0.39, 0.29) is 0 Å². The minimum Gasteiger partial charge on any atom is -0.310 e. The first-order valence-electron chi connectivity index (χ1n) is 7.77. The van der Waals surface area contributed by atoms with Crippen molar-refractivity contribution in [2.75, 3.05) is 6.54 Å². The highest BCUT2D eigenvalue weighted by Gasteiger charge is 2.08. The molecule has 2 heterocycles. The van der Waals surface area contributed by atoms with Crippen LogP contribution < -0.4 is 5.32 Å². The van der Waals surface area contributed by atoms with Crippen LogP contribution >= 0.6 is 0 Å². The van der Waals surface area contributed by atoms with Crippen LogP contribution in [0.25, 0.3) is 0 Å². The summed E-state index contributed by atoms with van der Waals surface area (Å²) in [6, 6.07) is 2.15. The molecule has 0 atom stereocenters. The zero-order chi connectivity index (χ0) is 15.2. The molecule has 21 heavy (non-hydrogen) atoms. The number of aryl methyl sites for hydroxylation is 2. The van der Waals surface area contributed by atoms with Crippen molar-refractivity contribution in [3.8, 4) is 0 Å². The van der Waals surface area contributed by atoms with Gasteiger partial charge in [0.1, 0.15) is 6.33 Å². The van der Waals surface area contributed by atoms with Crippen molar-refractivity contribution in [2.45, 2.75) is 53.8 Å². The monoisotopic (exact) mass is 290 g/mol. The molecule has 2 rings (SSSR count). The number of aromatic nitrogens is 5. The van der Waals surface area contributed by atoms with Gasteiger partial charge in [0.15, 0.2) is 5.82 Å². The summed E-state index contributed by atoms with van der Waals surface area (Å²) >= 11 is 0. The van der Waals surface area contributed by atoms with Gasteiger partial charge < -0.3 is 5.32 Å². The molecule has 0 aliphatic heterocycles. The lowest BCUT2D eigenvalue weighted by atomic mass is 10.2. The van der Waals surface area contributed by atoms with Crippen LogP contribution in [0.15, 0.2) is 12.4 Å². The Kier molecular flexibility index (Phi) is 5.50. The highest BCUT2D eigenvalue weighted by Crippen LogP contribution is 2.07. The van der Waals surface area contributed by atoms with Crippen LogP contribution in [-0.2, 0) is 26.1 Å². The fourth-order valence-corrected chi connectivity index (χ4v) is 2.22. The first kappa shape index (κ1) is 15.7. The molecule has 0 saturated heterocycles. The van der Waals surface area contributed by atoms with Gasteiger partial charge in [-0.1, -0.05) is 20.8 Å². The van der Waals surface area contributed by atoms with Gasteiger partial charge in [0.25, 0.3) is 0 Å². The van der Waals surface area contributed by atoms with Crippen molar-refractivity contribution in [1.82, 2.24) is 29.9 Å². The third-order valence-electron chi connectivity index (χ3n) is 3.32. The predicted molar refractivity (Wildman–Crippen MR) is 82.9 cm³/mol. The van der Waals surface area contributed by atoms with Crippen LogP contribution in [0.1, 0.15) is 44.9 Å². The van der Waals surface area contributed by atoms with Crippen LogP contribution in [0.4, 0.5) is 0 Å². The average molecular weight is 290 g/mol. The molecule has 0 bridgehead atoms. The Morgan fingerprint density at radius 1 is 1.24 bits per heavy atom. The SMILES string of the molecule is CCc1cc(Cn2cnc(CNCC(C)C)n2)n(CC)n1. The van der Waals surface area contributed by atoms with E-state index in [1.807, 2.05) is 9.36 Å². The Hall–Kier alpha value is -1.69. The van der Waals surface area contributed by atoms with Crippen LogP contribution in [0.2, 0.25) is 0 Å². The summed E-state index contributed by atoms with van der Waals surface area (Å²) in [6.07, 6.45) is 2.76. The van der Waals surface area contributed by atoms with Crippen LogP contribution in [-0.4, -0.2) is 31.1 Å². The molecule has 0 radical (unpaired) electrons. The van der Waals surface area contributed by atoms with E-state index in [0.29, 0.717) is 5.92 Å². The van der Waals surface area contributed by atoms with Crippen molar-refractivity contribution in [3.63, 3.8) is 0 Å². The first-order chi connectivity index (χ1) is 10.1. The van der Waals surface area contributed by atoms with Gasteiger partial charge in [-0.05, 0) is 31.9 Å². The molecular weight excluding hydrogens is 264 g/mol. The third kappa shape index (κ3) is 4.39. The van der Waals surface area contributed by atoms with Gasteiger partial charge in [0.2, 0.25) is 0 Å². The molecule has 2 aromatic heterocycles. The minimum absolute atomic E-state index is 0.637. The molecule has 1 N–H and O–H groups in total. The summed E-state index contributed by atoms with van der Waals surface area (Å²) in [4.78, 5) is 4.35. The average Bonchev–Trinajstić information content (AvgIpc) is 3.05. The number of nitrogens with zero attached hydrogens (tertiary/aromatic N) is 5. The van der Waals surface area contributed by atoms with E-state index in [1.54, 1.807) is 6.33 Å². The van der Waals surface area contributed by atoms with Crippen molar-refractivity contribution in [2.24, 2.45) is 5.92 Å². The molecule has 0 spiro atoms. The predicted octanol–water partition coefficient (Wildman–Crippen LogP) is 1.85. The summed E-state index contributed by atoms with van der Waals surface area (Å²) in [5, 5.41) is 12.4. The maximum atomic E-state index is 4.56. The normalized spacial score (nSPS) is 11.5. The molecule has 2 aromatic rings. The summed E-state index contributed by atoms with van der Waals surface area (Å²) in [6.45, 7) is 11.9. The summed E-state index contributed by atoms with van der Waals surface area (Å²) in [7, 11) is 0. The second kappa shape index (κ2) is 7.36. The smallest absolute Gasteiger partial charge is 0.164 e. The van der Waals surface area contributed by atoms with Crippen LogP contribution in [0, 0.1) is 5.92 Å². The molecule has 0 amide bonds. The van der Waals surface area contributed by atoms with Crippen molar-refractivity contribution in [3.05, 3.63) is 29.6 Å². The highest BCUT2D eigenvalue weighted by molar-refractivity contribution is 5.10. The lowest BCUT2D eigenvalue weighted by molar-refractivity contribution is 0.535. The van der Waals surface area contributed by atoms with Gasteiger partial charge in [-0.3, -0.25) is 4.68 Å². The molecular formula is C15H26N6. The van der Waals surface area contributed by atoms with E-state index in [1.165, 1.54) is 5.69 Å². The Morgan fingerprint density at radius 2 is 2.05 bits per heavy atom. The minimum atomic E-state index is 0.637. The van der Waals surface area contributed by atoms with Gasteiger partial charge in [0, 0.05) is 6.54 Å². The Bertz CT molecular complexity index is 554. The van der Waals surface area contributed by atoms with Crippen molar-refractivity contribution < 1.29 is 0 Å². The molecule has 6 heteroatoms. The van der Waals surface area contributed by atoms with E-state index < -0.39 is 0 Å². The molecule has 116 valence electrons. The summed E-state index contributed by atoms with van der Waals surface area (Å²) in [5.41, 5.74) is 2.31. The molecule has 0 saturated carbocycles. The third-order valence-corrected chi connectivity index (χ3v) is 3.32. The fourth-order valence-electron chi connectivity index (χ4n) is 2.22. The number of hydrogen-bond acceptors (Lipinski definition) is 4. The van der Waals surface area contributed by atoms with Crippen molar-refractivity contribution >= 4 is 0 Å². The largest absolute Gasteiger partial charge is 0.310 e. The zero-order valence-corrected chi connectivity index (χ0v) is 13.5. The first-order valence-corrected chi connectivity index (χ1v) is 7.77. The van der Waals surface area contributed by atoms with Gasteiger partial charge in [0.05, 0.1) is 24.5 Å². The van der Waals surface area contributed by atoms with Gasteiger partial charge in [-0.25, -0.2) is 9.67 Å². The summed E-state index contributed by atoms with van der Waals surface area (Å²) in [5.74, 6) is 1.48. The second-order valence-corrected chi connectivity index (χ2v) is 5.68. The van der Waals surface area contributed by atoms with E-state index in [4.69, 9.17) is 0 Å². The van der Waals surface area contributed by atoms with Crippen LogP contribution in [0.5, 0.6) is 0 Å². The summed E-state index contributed by atoms with van der Waals surface area (Å²) < 4.78 is 3.92. The van der Waals surface area contributed by atoms with E-state index in [0.717, 1.165) is 44.1 Å². The molecule has 6 nitrogen and oxygen atoms in total. The number of nitrogens with one attached hydrogen (secondary N) is 1. The van der Waals surface area contributed by atoms with E-state index >= 15 is 0 Å². The molecule has 0 fully saturated rings. The maximum absolute atomic E-state index is 4.56. The van der Waals surface area contributed by atoms with Crippen LogP contribution in [0.3, 0.4) is 0 Å². The number of rotatable bonds is 8. The Morgan fingerprint density at radius 3 is 2.71 bits per heavy atom. The van der Waals surface area contributed by atoms with Gasteiger partial charge in [-0.15, -0.1) is 0 Å². The van der Waals surface area contributed by atoms with E-state index in [2.05, 4.69) is 54.3 Å². The fraction of sp³-hybridized carbons (Fsp3) is 0.667. The maximum Gasteiger partial charge on any atom is 0.164 e.